The van der Waals surface area contributed by atoms with Gasteiger partial charge in [0.2, 0.25) is 0 Å². The Bertz CT molecular complexity index is 399. The minimum Gasteiger partial charge on any atom is -0.299 e. The topological polar surface area (TPSA) is 17.1 Å². The van der Waals surface area contributed by atoms with E-state index in [4.69, 9.17) is 0 Å². The number of carbonyl (C=O) groups excluding carboxylic acids is 1. The van der Waals surface area contributed by atoms with Gasteiger partial charge in [0.05, 0.1) is 0 Å². The summed E-state index contributed by atoms with van der Waals surface area (Å²) in [7, 11) is 0. The summed E-state index contributed by atoms with van der Waals surface area (Å²) in [6, 6.07) is 10.5. The molecule has 0 unspecified atom stereocenters. The SMILES string of the molecule is C[C@@H]1CC(=O)[C@H](C(C)(C)C)[C@H]1c1ccccc1. The normalized spacial score (nSPS) is 29.6. The van der Waals surface area contributed by atoms with Crippen LogP contribution < -0.4 is 0 Å². The minimum absolute atomic E-state index is 0.0579. The summed E-state index contributed by atoms with van der Waals surface area (Å²) in [5, 5.41) is 0. The van der Waals surface area contributed by atoms with Gasteiger partial charge in [0.25, 0.3) is 0 Å². The largest absolute Gasteiger partial charge is 0.299 e. The molecule has 0 radical (unpaired) electrons. The summed E-state index contributed by atoms with van der Waals surface area (Å²) < 4.78 is 0. The number of rotatable bonds is 1. The second-order valence-electron chi connectivity index (χ2n) is 6.43. The molecule has 1 aliphatic rings. The zero-order valence-electron chi connectivity index (χ0n) is 11.2. The molecule has 0 aliphatic heterocycles. The third-order valence-corrected chi connectivity index (χ3v) is 3.96. The lowest BCUT2D eigenvalue weighted by atomic mass is 9.70. The maximum absolute atomic E-state index is 12.2. The van der Waals surface area contributed by atoms with Crippen molar-refractivity contribution in [3.63, 3.8) is 0 Å². The van der Waals surface area contributed by atoms with Crippen molar-refractivity contribution < 1.29 is 4.79 Å². The Kier molecular flexibility index (Phi) is 3.11. The fraction of sp³-hybridized carbons (Fsp3) is 0.562. The van der Waals surface area contributed by atoms with Crippen LogP contribution in [0, 0.1) is 17.3 Å². The molecule has 2 rings (SSSR count). The van der Waals surface area contributed by atoms with Gasteiger partial charge in [-0.15, -0.1) is 0 Å². The summed E-state index contributed by atoms with van der Waals surface area (Å²) in [5.41, 5.74) is 1.38. The van der Waals surface area contributed by atoms with Crippen LogP contribution in [0.5, 0.6) is 0 Å². The Morgan fingerprint density at radius 3 is 2.24 bits per heavy atom. The van der Waals surface area contributed by atoms with Gasteiger partial charge in [0.15, 0.2) is 0 Å². The van der Waals surface area contributed by atoms with Crippen LogP contribution in [0.3, 0.4) is 0 Å². The number of ketones is 1. The van der Waals surface area contributed by atoms with Gasteiger partial charge in [-0.1, -0.05) is 58.0 Å². The van der Waals surface area contributed by atoms with Crippen molar-refractivity contribution in [3.05, 3.63) is 35.9 Å². The van der Waals surface area contributed by atoms with Crippen molar-refractivity contribution in [2.24, 2.45) is 17.3 Å². The van der Waals surface area contributed by atoms with Crippen LogP contribution in [0.4, 0.5) is 0 Å². The molecule has 1 fully saturated rings. The molecule has 0 saturated heterocycles. The van der Waals surface area contributed by atoms with E-state index in [1.54, 1.807) is 0 Å². The summed E-state index contributed by atoms with van der Waals surface area (Å²) in [4.78, 5) is 12.2. The molecule has 0 heterocycles. The molecule has 0 amide bonds. The fourth-order valence-corrected chi connectivity index (χ4v) is 3.32. The first-order valence-electron chi connectivity index (χ1n) is 6.49. The molecule has 1 saturated carbocycles. The lowest BCUT2D eigenvalue weighted by Gasteiger charge is -2.32. The van der Waals surface area contributed by atoms with E-state index in [9.17, 15) is 4.79 Å². The minimum atomic E-state index is 0.0579. The predicted molar refractivity (Wildman–Crippen MR) is 70.9 cm³/mol. The van der Waals surface area contributed by atoms with E-state index in [-0.39, 0.29) is 11.3 Å². The summed E-state index contributed by atoms with van der Waals surface area (Å²) >= 11 is 0. The smallest absolute Gasteiger partial charge is 0.137 e. The van der Waals surface area contributed by atoms with Crippen LogP contribution in [0.25, 0.3) is 0 Å². The number of hydrogen-bond donors (Lipinski definition) is 0. The highest BCUT2D eigenvalue weighted by Gasteiger charge is 2.46. The molecule has 3 atom stereocenters. The molecule has 1 heteroatoms. The maximum Gasteiger partial charge on any atom is 0.137 e. The number of hydrogen-bond acceptors (Lipinski definition) is 1. The van der Waals surface area contributed by atoms with Gasteiger partial charge >= 0.3 is 0 Å². The van der Waals surface area contributed by atoms with E-state index in [0.717, 1.165) is 6.42 Å². The predicted octanol–water partition coefficient (Wildman–Crippen LogP) is 4.04. The van der Waals surface area contributed by atoms with E-state index in [1.165, 1.54) is 5.56 Å². The summed E-state index contributed by atoms with van der Waals surface area (Å²) in [5.74, 6) is 1.47. The number of carbonyl (C=O) groups is 1. The molecular formula is C16H22O. The quantitative estimate of drug-likeness (QED) is 0.711. The second kappa shape index (κ2) is 4.29. The fourth-order valence-electron chi connectivity index (χ4n) is 3.32. The highest BCUT2D eigenvalue weighted by atomic mass is 16.1. The first-order chi connectivity index (χ1) is 7.91. The zero-order chi connectivity index (χ0) is 12.6. The van der Waals surface area contributed by atoms with E-state index < -0.39 is 0 Å². The van der Waals surface area contributed by atoms with Crippen LogP contribution in [0.15, 0.2) is 30.3 Å². The Morgan fingerprint density at radius 1 is 1.12 bits per heavy atom. The number of benzene rings is 1. The third kappa shape index (κ3) is 2.29. The molecule has 1 aliphatic carbocycles. The Morgan fingerprint density at radius 2 is 1.71 bits per heavy atom. The van der Waals surface area contributed by atoms with Gasteiger partial charge in [-0.05, 0) is 22.8 Å². The average Bonchev–Trinajstić information content (AvgIpc) is 2.54. The summed E-state index contributed by atoms with van der Waals surface area (Å²) in [6.45, 7) is 8.76. The Labute approximate surface area is 104 Å². The molecule has 92 valence electrons. The van der Waals surface area contributed by atoms with Gasteiger partial charge in [-0.2, -0.15) is 0 Å². The van der Waals surface area contributed by atoms with Crippen molar-refractivity contribution in [2.45, 2.75) is 40.0 Å². The molecule has 0 bridgehead atoms. The zero-order valence-corrected chi connectivity index (χ0v) is 11.2. The lowest BCUT2D eigenvalue weighted by molar-refractivity contribution is -0.123. The third-order valence-electron chi connectivity index (χ3n) is 3.96. The van der Waals surface area contributed by atoms with E-state index in [2.05, 4.69) is 52.0 Å². The lowest BCUT2D eigenvalue weighted by Crippen LogP contribution is -2.29. The van der Waals surface area contributed by atoms with Gasteiger partial charge in [0, 0.05) is 12.3 Å². The first kappa shape index (κ1) is 12.3. The van der Waals surface area contributed by atoms with Crippen molar-refractivity contribution in [2.75, 3.05) is 0 Å². The van der Waals surface area contributed by atoms with Crippen LogP contribution in [-0.2, 0) is 4.79 Å². The van der Waals surface area contributed by atoms with Crippen LogP contribution in [0.2, 0.25) is 0 Å². The average molecular weight is 230 g/mol. The summed E-state index contributed by atoms with van der Waals surface area (Å²) in [6.07, 6.45) is 0.738. The monoisotopic (exact) mass is 230 g/mol. The highest BCUT2D eigenvalue weighted by Crippen LogP contribution is 2.49. The molecule has 0 spiro atoms. The molecule has 1 nitrogen and oxygen atoms in total. The van der Waals surface area contributed by atoms with Gasteiger partial charge in [-0.25, -0.2) is 0 Å². The van der Waals surface area contributed by atoms with Crippen LogP contribution in [0.1, 0.15) is 45.6 Å². The maximum atomic E-state index is 12.2. The standard InChI is InChI=1S/C16H22O/c1-11-10-13(17)15(16(2,3)4)14(11)12-8-6-5-7-9-12/h5-9,11,14-15H,10H2,1-4H3/t11-,14-,15+/m1/s1. The highest BCUT2D eigenvalue weighted by molar-refractivity contribution is 5.85. The Hall–Kier alpha value is -1.11. The molecule has 1 aromatic rings. The second-order valence-corrected chi connectivity index (χ2v) is 6.43. The molecule has 1 aromatic carbocycles. The van der Waals surface area contributed by atoms with Gasteiger partial charge in [-0.3, -0.25) is 4.79 Å². The number of Topliss-reactive ketones (excluding diaryl/α,β-unsaturated/α-hetero) is 1. The van der Waals surface area contributed by atoms with Crippen molar-refractivity contribution in [1.82, 2.24) is 0 Å². The van der Waals surface area contributed by atoms with E-state index in [1.807, 2.05) is 6.07 Å². The van der Waals surface area contributed by atoms with Gasteiger partial charge < -0.3 is 0 Å². The van der Waals surface area contributed by atoms with Crippen LogP contribution in [-0.4, -0.2) is 5.78 Å². The van der Waals surface area contributed by atoms with Gasteiger partial charge in [0.1, 0.15) is 5.78 Å². The molecule has 0 aromatic heterocycles. The molecule has 0 N–H and O–H groups in total. The van der Waals surface area contributed by atoms with Crippen molar-refractivity contribution in [3.8, 4) is 0 Å². The van der Waals surface area contributed by atoms with Crippen molar-refractivity contribution >= 4 is 5.78 Å². The first-order valence-corrected chi connectivity index (χ1v) is 6.49. The van der Waals surface area contributed by atoms with Crippen molar-refractivity contribution in [1.29, 1.82) is 0 Å². The Balaban J connectivity index is 2.40. The van der Waals surface area contributed by atoms with E-state index >= 15 is 0 Å². The van der Waals surface area contributed by atoms with E-state index in [0.29, 0.717) is 17.6 Å². The molecule has 17 heavy (non-hydrogen) atoms. The van der Waals surface area contributed by atoms with Crippen LogP contribution >= 0.6 is 0 Å². The molecular weight excluding hydrogens is 208 g/mol.